The lowest BCUT2D eigenvalue weighted by Gasteiger charge is -2.31. The summed E-state index contributed by atoms with van der Waals surface area (Å²) in [6.45, 7) is 5.30. The highest BCUT2D eigenvalue weighted by Gasteiger charge is 2.29. The first-order valence-corrected chi connectivity index (χ1v) is 7.63. The Balaban J connectivity index is 2.37. The smallest absolute Gasteiger partial charge is 0.243 e. The molecular formula is C13H17N3O2S. The third kappa shape index (κ3) is 2.78. The van der Waals surface area contributed by atoms with Gasteiger partial charge in [-0.1, -0.05) is 0 Å². The summed E-state index contributed by atoms with van der Waals surface area (Å²) >= 11 is 0. The molecular weight excluding hydrogens is 262 g/mol. The van der Waals surface area contributed by atoms with Crippen LogP contribution in [0.2, 0.25) is 0 Å². The Morgan fingerprint density at radius 3 is 2.79 bits per heavy atom. The Labute approximate surface area is 113 Å². The number of aryl methyl sites for hydroxylation is 1. The number of hydrogen-bond donors (Lipinski definition) is 1. The lowest BCUT2D eigenvalue weighted by molar-refractivity contribution is 0.310. The highest BCUT2D eigenvalue weighted by molar-refractivity contribution is 7.89. The molecule has 2 rings (SSSR count). The summed E-state index contributed by atoms with van der Waals surface area (Å²) in [4.78, 5) is 0.292. The first kappa shape index (κ1) is 14.0. The molecule has 1 aliphatic heterocycles. The van der Waals surface area contributed by atoms with Gasteiger partial charge < -0.3 is 5.32 Å². The maximum Gasteiger partial charge on any atom is 0.243 e. The van der Waals surface area contributed by atoms with Crippen LogP contribution in [0.4, 0.5) is 0 Å². The second-order valence-electron chi connectivity index (χ2n) is 4.81. The van der Waals surface area contributed by atoms with Gasteiger partial charge in [-0.05, 0) is 37.6 Å². The zero-order valence-corrected chi connectivity index (χ0v) is 11.9. The molecule has 0 unspecified atom stereocenters. The number of piperazine rings is 1. The third-order valence-electron chi connectivity index (χ3n) is 3.25. The van der Waals surface area contributed by atoms with Crippen LogP contribution >= 0.6 is 0 Å². The van der Waals surface area contributed by atoms with Crippen molar-refractivity contribution in [2.45, 2.75) is 24.8 Å². The molecule has 1 heterocycles. The van der Waals surface area contributed by atoms with Crippen molar-refractivity contribution in [2.24, 2.45) is 0 Å². The number of hydrogen-bond acceptors (Lipinski definition) is 4. The Kier molecular flexibility index (Phi) is 3.90. The van der Waals surface area contributed by atoms with Gasteiger partial charge in [0, 0.05) is 25.7 Å². The molecule has 102 valence electrons. The number of nitriles is 1. The van der Waals surface area contributed by atoms with Gasteiger partial charge in [0.05, 0.1) is 16.5 Å². The molecule has 5 nitrogen and oxygen atoms in total. The molecule has 1 aliphatic rings. The molecule has 0 aromatic heterocycles. The van der Waals surface area contributed by atoms with Gasteiger partial charge >= 0.3 is 0 Å². The summed E-state index contributed by atoms with van der Waals surface area (Å²) in [6.07, 6.45) is 0. The van der Waals surface area contributed by atoms with Crippen LogP contribution in [0, 0.1) is 18.3 Å². The fourth-order valence-electron chi connectivity index (χ4n) is 2.26. The van der Waals surface area contributed by atoms with Gasteiger partial charge in [-0.2, -0.15) is 9.57 Å². The monoisotopic (exact) mass is 279 g/mol. The van der Waals surface area contributed by atoms with Crippen LogP contribution in [0.15, 0.2) is 23.1 Å². The van der Waals surface area contributed by atoms with E-state index in [1.54, 1.807) is 19.1 Å². The average Bonchev–Trinajstić information content (AvgIpc) is 2.38. The maximum atomic E-state index is 12.6. The molecule has 1 atom stereocenters. The molecule has 1 N–H and O–H groups in total. The average molecular weight is 279 g/mol. The van der Waals surface area contributed by atoms with Gasteiger partial charge in [0.2, 0.25) is 10.0 Å². The highest BCUT2D eigenvalue weighted by atomic mass is 32.2. The second kappa shape index (κ2) is 5.29. The van der Waals surface area contributed by atoms with Gasteiger partial charge in [-0.15, -0.1) is 0 Å². The van der Waals surface area contributed by atoms with Crippen molar-refractivity contribution in [2.75, 3.05) is 19.6 Å². The summed E-state index contributed by atoms with van der Waals surface area (Å²) in [6, 6.07) is 6.85. The van der Waals surface area contributed by atoms with Crippen molar-refractivity contribution >= 4 is 10.0 Å². The van der Waals surface area contributed by atoms with E-state index < -0.39 is 10.0 Å². The van der Waals surface area contributed by atoms with Crippen molar-refractivity contribution in [3.05, 3.63) is 29.3 Å². The van der Waals surface area contributed by atoms with Crippen LogP contribution in [0.3, 0.4) is 0 Å². The van der Waals surface area contributed by atoms with E-state index in [2.05, 4.69) is 5.32 Å². The van der Waals surface area contributed by atoms with Crippen molar-refractivity contribution in [1.29, 1.82) is 5.26 Å². The minimum absolute atomic E-state index is 0.155. The van der Waals surface area contributed by atoms with Gasteiger partial charge in [0.15, 0.2) is 0 Å². The van der Waals surface area contributed by atoms with E-state index >= 15 is 0 Å². The van der Waals surface area contributed by atoms with Crippen LogP contribution in [-0.4, -0.2) is 38.4 Å². The van der Waals surface area contributed by atoms with Crippen LogP contribution in [-0.2, 0) is 10.0 Å². The highest BCUT2D eigenvalue weighted by Crippen LogP contribution is 2.21. The Hall–Kier alpha value is -1.42. The predicted molar refractivity (Wildman–Crippen MR) is 72.1 cm³/mol. The number of nitrogens with one attached hydrogen (secondary N) is 1. The van der Waals surface area contributed by atoms with E-state index in [1.807, 2.05) is 13.0 Å². The molecule has 0 bridgehead atoms. The van der Waals surface area contributed by atoms with Crippen LogP contribution in [0.25, 0.3) is 0 Å². The third-order valence-corrected chi connectivity index (χ3v) is 5.28. The maximum absolute atomic E-state index is 12.6. The fraction of sp³-hybridized carbons (Fsp3) is 0.462. The van der Waals surface area contributed by atoms with E-state index in [4.69, 9.17) is 5.26 Å². The summed E-state index contributed by atoms with van der Waals surface area (Å²) < 4.78 is 26.6. The first-order chi connectivity index (χ1) is 8.95. The quantitative estimate of drug-likeness (QED) is 0.871. The van der Waals surface area contributed by atoms with Crippen molar-refractivity contribution in [3.63, 3.8) is 0 Å². The van der Waals surface area contributed by atoms with Gasteiger partial charge in [-0.3, -0.25) is 0 Å². The standard InChI is InChI=1S/C13H17N3O2S/c1-10-7-12(8-14)3-4-13(10)19(17,18)16-6-5-15-11(2)9-16/h3-4,7,11,15H,5-6,9H2,1-2H3/t11-/m1/s1. The van der Waals surface area contributed by atoms with E-state index in [1.165, 1.54) is 10.4 Å². The number of rotatable bonds is 2. The van der Waals surface area contributed by atoms with Crippen molar-refractivity contribution in [3.8, 4) is 6.07 Å². The summed E-state index contributed by atoms with van der Waals surface area (Å²) in [7, 11) is -3.47. The molecule has 1 fully saturated rings. The molecule has 19 heavy (non-hydrogen) atoms. The normalized spacial score (nSPS) is 21.0. The number of nitrogens with zero attached hydrogens (tertiary/aromatic N) is 2. The number of benzene rings is 1. The zero-order chi connectivity index (χ0) is 14.0. The zero-order valence-electron chi connectivity index (χ0n) is 11.0. The lowest BCUT2D eigenvalue weighted by atomic mass is 10.2. The molecule has 0 amide bonds. The largest absolute Gasteiger partial charge is 0.312 e. The first-order valence-electron chi connectivity index (χ1n) is 6.19. The fourth-order valence-corrected chi connectivity index (χ4v) is 4.00. The number of sulfonamides is 1. The summed E-state index contributed by atoms with van der Waals surface area (Å²) in [5, 5.41) is 12.0. The SMILES string of the molecule is Cc1cc(C#N)ccc1S(=O)(=O)N1CCN[C@H](C)C1. The molecule has 0 saturated carbocycles. The summed E-state index contributed by atoms with van der Waals surface area (Å²) in [5.74, 6) is 0. The molecule has 1 aromatic carbocycles. The van der Waals surface area contributed by atoms with E-state index in [0.717, 1.165) is 0 Å². The Morgan fingerprint density at radius 2 is 2.21 bits per heavy atom. The second-order valence-corrected chi connectivity index (χ2v) is 6.72. The lowest BCUT2D eigenvalue weighted by Crippen LogP contribution is -2.51. The van der Waals surface area contributed by atoms with Gasteiger partial charge in [0.1, 0.15) is 0 Å². The molecule has 6 heteroatoms. The Bertz CT molecular complexity index is 619. The Morgan fingerprint density at radius 1 is 1.47 bits per heavy atom. The van der Waals surface area contributed by atoms with Crippen LogP contribution in [0.1, 0.15) is 18.1 Å². The molecule has 1 saturated heterocycles. The van der Waals surface area contributed by atoms with Crippen molar-refractivity contribution in [1.82, 2.24) is 9.62 Å². The molecule has 0 spiro atoms. The van der Waals surface area contributed by atoms with Gasteiger partial charge in [0.25, 0.3) is 0 Å². The minimum atomic E-state index is -3.47. The van der Waals surface area contributed by atoms with Gasteiger partial charge in [-0.25, -0.2) is 8.42 Å². The topological polar surface area (TPSA) is 73.2 Å². The van der Waals surface area contributed by atoms with Crippen LogP contribution < -0.4 is 5.32 Å². The molecule has 0 aliphatic carbocycles. The van der Waals surface area contributed by atoms with E-state index in [9.17, 15) is 8.42 Å². The van der Waals surface area contributed by atoms with Crippen molar-refractivity contribution < 1.29 is 8.42 Å². The summed E-state index contributed by atoms with van der Waals surface area (Å²) in [5.41, 5.74) is 1.09. The van der Waals surface area contributed by atoms with E-state index in [0.29, 0.717) is 35.7 Å². The minimum Gasteiger partial charge on any atom is -0.312 e. The molecule has 1 aromatic rings. The predicted octanol–water partition coefficient (Wildman–Crippen LogP) is 0.849. The van der Waals surface area contributed by atoms with Crippen LogP contribution in [0.5, 0.6) is 0 Å². The molecule has 0 radical (unpaired) electrons. The van der Waals surface area contributed by atoms with E-state index in [-0.39, 0.29) is 6.04 Å².